The van der Waals surface area contributed by atoms with Gasteiger partial charge in [-0.05, 0) is 51.9 Å². The van der Waals surface area contributed by atoms with Gasteiger partial charge in [0, 0.05) is 29.0 Å². The topological polar surface area (TPSA) is 65.5 Å². The summed E-state index contributed by atoms with van der Waals surface area (Å²) in [6.45, 7) is 7.57. The van der Waals surface area contributed by atoms with Crippen LogP contribution in [0, 0.1) is 0 Å². The molecule has 1 saturated heterocycles. The second-order valence-corrected chi connectivity index (χ2v) is 9.12. The van der Waals surface area contributed by atoms with Crippen molar-refractivity contribution in [1.29, 1.82) is 0 Å². The highest BCUT2D eigenvalue weighted by atomic mass is 32.1. The van der Waals surface area contributed by atoms with Crippen LogP contribution in [0.1, 0.15) is 69.9 Å². The first-order valence-corrected chi connectivity index (χ1v) is 9.87. The largest absolute Gasteiger partial charge is 0.396 e. The first-order valence-electron chi connectivity index (χ1n) is 9.05. The summed E-state index contributed by atoms with van der Waals surface area (Å²) in [5.74, 6) is 0. The van der Waals surface area contributed by atoms with E-state index in [4.69, 9.17) is 10.1 Å². The molecule has 0 bridgehead atoms. The molecule has 0 aromatic carbocycles. The summed E-state index contributed by atoms with van der Waals surface area (Å²) in [5.41, 5.74) is 1.12. The Morgan fingerprint density at radius 1 is 1.33 bits per heavy atom. The number of aliphatic hydroxyl groups excluding tert-OH is 1. The van der Waals surface area contributed by atoms with Crippen LogP contribution >= 0.6 is 11.3 Å². The van der Waals surface area contributed by atoms with E-state index in [9.17, 15) is 4.79 Å². The van der Waals surface area contributed by atoms with Gasteiger partial charge in [-0.3, -0.25) is 5.32 Å². The zero-order chi connectivity index (χ0) is 17.4. The van der Waals surface area contributed by atoms with E-state index < -0.39 is 0 Å². The van der Waals surface area contributed by atoms with Crippen LogP contribution in [0.2, 0.25) is 0 Å². The van der Waals surface area contributed by atoms with Gasteiger partial charge in [0.05, 0.1) is 5.69 Å². The van der Waals surface area contributed by atoms with Gasteiger partial charge in [-0.1, -0.05) is 13.8 Å². The highest BCUT2D eigenvalue weighted by Gasteiger charge is 2.39. The maximum Gasteiger partial charge on any atom is 0.324 e. The van der Waals surface area contributed by atoms with E-state index in [1.807, 2.05) is 4.90 Å². The molecule has 2 heterocycles. The quantitative estimate of drug-likeness (QED) is 0.864. The Bertz CT molecular complexity index is 613. The zero-order valence-electron chi connectivity index (χ0n) is 15.0. The van der Waals surface area contributed by atoms with Crippen molar-refractivity contribution in [2.75, 3.05) is 18.5 Å². The highest BCUT2D eigenvalue weighted by Crippen LogP contribution is 2.41. The molecule has 1 unspecified atom stereocenters. The van der Waals surface area contributed by atoms with E-state index in [-0.39, 0.29) is 23.6 Å². The van der Waals surface area contributed by atoms with E-state index in [0.717, 1.165) is 50.2 Å². The van der Waals surface area contributed by atoms with E-state index in [0.29, 0.717) is 0 Å². The minimum absolute atomic E-state index is 0.0446. The number of aryl methyl sites for hydroxylation is 1. The first kappa shape index (κ1) is 17.7. The monoisotopic (exact) mass is 351 g/mol. The summed E-state index contributed by atoms with van der Waals surface area (Å²) in [6.07, 6.45) is 7.03. The predicted molar refractivity (Wildman–Crippen MR) is 97.8 cm³/mol. The average molecular weight is 352 g/mol. The summed E-state index contributed by atoms with van der Waals surface area (Å²) in [5, 5.41) is 12.9. The van der Waals surface area contributed by atoms with Crippen LogP contribution in [-0.4, -0.2) is 39.7 Å². The molecule has 24 heavy (non-hydrogen) atoms. The van der Waals surface area contributed by atoms with Gasteiger partial charge in [-0.15, -0.1) is 11.3 Å². The first-order chi connectivity index (χ1) is 11.4. The molecule has 3 rings (SSSR count). The molecule has 134 valence electrons. The van der Waals surface area contributed by atoms with Crippen molar-refractivity contribution >= 4 is 22.5 Å². The molecule has 2 aliphatic rings. The number of carbonyl (C=O) groups is 1. The molecule has 0 radical (unpaired) electrons. The van der Waals surface area contributed by atoms with Crippen LogP contribution < -0.4 is 5.32 Å². The molecular formula is C18H29N3O2S. The Morgan fingerprint density at radius 3 is 2.83 bits per heavy atom. The molecule has 1 aromatic rings. The number of nitrogens with one attached hydrogen (secondary N) is 1. The van der Waals surface area contributed by atoms with E-state index >= 15 is 0 Å². The molecule has 2 amide bonds. The summed E-state index contributed by atoms with van der Waals surface area (Å²) in [7, 11) is 0. The van der Waals surface area contributed by atoms with Crippen LogP contribution in [0.3, 0.4) is 0 Å². The Hall–Kier alpha value is -1.14. The lowest BCUT2D eigenvalue weighted by atomic mass is 9.79. The van der Waals surface area contributed by atoms with Crippen molar-refractivity contribution in [1.82, 2.24) is 9.88 Å². The second-order valence-electron chi connectivity index (χ2n) is 8.04. The lowest BCUT2D eigenvalue weighted by molar-refractivity contribution is 0.151. The number of nitrogens with zero attached hydrogens (tertiary/aromatic N) is 2. The zero-order valence-corrected chi connectivity index (χ0v) is 15.8. The van der Waals surface area contributed by atoms with Crippen LogP contribution in [0.5, 0.6) is 0 Å². The number of hydrogen-bond acceptors (Lipinski definition) is 4. The number of anilines is 1. The molecule has 1 aromatic heterocycles. The molecule has 5 nitrogen and oxygen atoms in total. The normalized spacial score (nSPS) is 25.6. The number of aromatic nitrogens is 1. The minimum atomic E-state index is -0.150. The van der Waals surface area contributed by atoms with Gasteiger partial charge in [-0.25, -0.2) is 9.78 Å². The van der Waals surface area contributed by atoms with Gasteiger partial charge >= 0.3 is 6.03 Å². The van der Waals surface area contributed by atoms with Crippen molar-refractivity contribution in [3.05, 3.63) is 10.6 Å². The fraction of sp³-hybridized carbons (Fsp3) is 0.778. The number of amides is 2. The van der Waals surface area contributed by atoms with Crippen molar-refractivity contribution in [3.8, 4) is 0 Å². The molecule has 1 atom stereocenters. The molecular weight excluding hydrogens is 322 g/mol. The summed E-state index contributed by atoms with van der Waals surface area (Å²) >= 11 is 1.63. The molecule has 1 aliphatic carbocycles. The maximum atomic E-state index is 12.8. The predicted octanol–water partition coefficient (Wildman–Crippen LogP) is 3.92. The van der Waals surface area contributed by atoms with Crippen LogP contribution in [-0.2, 0) is 11.8 Å². The number of thiazole rings is 1. The minimum Gasteiger partial charge on any atom is -0.396 e. The molecule has 1 fully saturated rings. The lowest BCUT2D eigenvalue weighted by Crippen LogP contribution is -2.47. The fourth-order valence-corrected chi connectivity index (χ4v) is 5.33. The highest BCUT2D eigenvalue weighted by molar-refractivity contribution is 7.15. The molecule has 0 spiro atoms. The van der Waals surface area contributed by atoms with Crippen LogP contribution in [0.25, 0.3) is 0 Å². The molecule has 1 aliphatic heterocycles. The van der Waals surface area contributed by atoms with E-state index in [2.05, 4.69) is 26.1 Å². The third-order valence-corrected chi connectivity index (χ3v) is 6.66. The van der Waals surface area contributed by atoms with Crippen molar-refractivity contribution < 1.29 is 9.90 Å². The SMILES string of the molecule is CC1(C)CCCc2sc(NC(=O)N3CCCC3(C)CCCO)nc21. The number of fused-ring (bicyclic) bond motifs is 1. The number of carbonyl (C=O) groups excluding carboxylic acids is 1. The van der Waals surface area contributed by atoms with Gasteiger partial charge in [0.25, 0.3) is 0 Å². The van der Waals surface area contributed by atoms with E-state index in [1.54, 1.807) is 11.3 Å². The van der Waals surface area contributed by atoms with Crippen molar-refractivity contribution in [2.24, 2.45) is 0 Å². The summed E-state index contributed by atoms with van der Waals surface area (Å²) in [6, 6.07) is -0.0446. The van der Waals surface area contributed by atoms with Gasteiger partial charge in [0.2, 0.25) is 0 Å². The van der Waals surface area contributed by atoms with Crippen LogP contribution in [0.15, 0.2) is 0 Å². The van der Waals surface area contributed by atoms with Crippen molar-refractivity contribution in [3.63, 3.8) is 0 Å². The van der Waals surface area contributed by atoms with Gasteiger partial charge in [0.1, 0.15) is 0 Å². The number of likely N-dealkylation sites (tertiary alicyclic amines) is 1. The smallest absolute Gasteiger partial charge is 0.324 e. The van der Waals surface area contributed by atoms with E-state index in [1.165, 1.54) is 17.0 Å². The lowest BCUT2D eigenvalue weighted by Gasteiger charge is -2.35. The maximum absolute atomic E-state index is 12.8. The number of rotatable bonds is 4. The Labute approximate surface area is 148 Å². The average Bonchev–Trinajstić information content (AvgIpc) is 3.09. The second kappa shape index (κ2) is 6.64. The van der Waals surface area contributed by atoms with Gasteiger partial charge in [0.15, 0.2) is 5.13 Å². The van der Waals surface area contributed by atoms with Crippen molar-refractivity contribution in [2.45, 2.75) is 76.7 Å². The molecule has 2 N–H and O–H groups in total. The number of aliphatic hydroxyl groups is 1. The number of urea groups is 1. The standard InChI is InChI=1S/C18H29N3O2S/c1-17(2)8-4-7-13-14(17)19-15(24-13)20-16(23)21-11-5-9-18(21,3)10-6-12-22/h22H,4-12H2,1-3H3,(H,19,20,23). The van der Waals surface area contributed by atoms with Gasteiger partial charge in [-0.2, -0.15) is 0 Å². The summed E-state index contributed by atoms with van der Waals surface area (Å²) in [4.78, 5) is 20.8. The Kier molecular flexibility index (Phi) is 4.89. The molecule has 6 heteroatoms. The Morgan fingerprint density at radius 2 is 2.12 bits per heavy atom. The third-order valence-electron chi connectivity index (χ3n) is 5.63. The fourth-order valence-electron chi connectivity index (χ4n) is 4.16. The molecule has 0 saturated carbocycles. The Balaban J connectivity index is 1.72. The number of hydrogen-bond donors (Lipinski definition) is 2. The van der Waals surface area contributed by atoms with Gasteiger partial charge < -0.3 is 10.0 Å². The van der Waals surface area contributed by atoms with Crippen LogP contribution in [0.4, 0.5) is 9.93 Å². The third kappa shape index (κ3) is 3.31. The summed E-state index contributed by atoms with van der Waals surface area (Å²) < 4.78 is 0.